The second-order valence-electron chi connectivity index (χ2n) is 6.79. The van der Waals surface area contributed by atoms with Gasteiger partial charge in [0.05, 0.1) is 11.2 Å². The van der Waals surface area contributed by atoms with E-state index < -0.39 is 29.0 Å². The summed E-state index contributed by atoms with van der Waals surface area (Å²) in [7, 11) is 3.53. The fraction of sp³-hybridized carbons (Fsp3) is 0.474. The van der Waals surface area contributed by atoms with E-state index >= 15 is 0 Å². The maximum absolute atomic E-state index is 14.8. The number of aromatic carboxylic acids is 1. The van der Waals surface area contributed by atoms with Crippen LogP contribution in [0.15, 0.2) is 23.1 Å². The van der Waals surface area contributed by atoms with E-state index in [9.17, 15) is 19.1 Å². The second kappa shape index (κ2) is 7.66. The van der Waals surface area contributed by atoms with Gasteiger partial charge in [0.2, 0.25) is 5.43 Å². The van der Waals surface area contributed by atoms with E-state index in [0.717, 1.165) is 19.2 Å². The van der Waals surface area contributed by atoms with Gasteiger partial charge in [0.1, 0.15) is 17.6 Å². The second-order valence-corrected chi connectivity index (χ2v) is 6.79. The third kappa shape index (κ3) is 3.54. The fourth-order valence-corrected chi connectivity index (χ4v) is 3.52. The molecular formula is C19H24FN3O4. The zero-order valence-electron chi connectivity index (χ0n) is 15.7. The summed E-state index contributed by atoms with van der Waals surface area (Å²) >= 11 is 0. The van der Waals surface area contributed by atoms with Gasteiger partial charge in [-0.25, -0.2) is 9.18 Å². The molecule has 146 valence electrons. The Morgan fingerprint density at radius 1 is 1.30 bits per heavy atom. The van der Waals surface area contributed by atoms with E-state index in [-0.39, 0.29) is 5.39 Å². The van der Waals surface area contributed by atoms with Crippen LogP contribution in [0.3, 0.4) is 0 Å². The molecule has 0 saturated carbocycles. The van der Waals surface area contributed by atoms with E-state index in [0.29, 0.717) is 30.7 Å². The third-order valence-corrected chi connectivity index (χ3v) is 5.11. The van der Waals surface area contributed by atoms with Gasteiger partial charge in [0.25, 0.3) is 0 Å². The predicted molar refractivity (Wildman–Crippen MR) is 101 cm³/mol. The van der Waals surface area contributed by atoms with Crippen molar-refractivity contribution in [2.75, 3.05) is 45.2 Å². The topological polar surface area (TPSA) is 75.0 Å². The molecule has 0 aliphatic carbocycles. The minimum absolute atomic E-state index is 0.0424. The normalized spacial score (nSPS) is 16.7. The lowest BCUT2D eigenvalue weighted by Gasteiger charge is -2.34. The average Bonchev–Trinajstić information content (AvgIpc) is 2.65. The van der Waals surface area contributed by atoms with Crippen molar-refractivity contribution in [2.45, 2.75) is 19.6 Å². The van der Waals surface area contributed by atoms with Crippen LogP contribution in [0.25, 0.3) is 10.9 Å². The lowest BCUT2D eigenvalue weighted by molar-refractivity contribution is 0.0437. The number of pyridine rings is 1. The summed E-state index contributed by atoms with van der Waals surface area (Å²) in [6.07, 6.45) is 1.39. The number of nitrogens with zero attached hydrogens (tertiary/aromatic N) is 3. The van der Waals surface area contributed by atoms with Crippen molar-refractivity contribution in [3.8, 4) is 0 Å². The van der Waals surface area contributed by atoms with Gasteiger partial charge in [-0.05, 0) is 25.6 Å². The highest BCUT2D eigenvalue weighted by molar-refractivity contribution is 5.93. The number of carbonyl (C=O) groups is 1. The van der Waals surface area contributed by atoms with E-state index in [1.807, 2.05) is 18.9 Å². The van der Waals surface area contributed by atoms with Crippen LogP contribution in [0.2, 0.25) is 0 Å². The van der Waals surface area contributed by atoms with Crippen LogP contribution in [-0.4, -0.2) is 60.9 Å². The molecule has 7 nitrogen and oxygen atoms in total. The molecule has 1 aliphatic rings. The molecule has 2 aromatic rings. The van der Waals surface area contributed by atoms with Crippen LogP contribution in [0.5, 0.6) is 0 Å². The molecule has 0 bridgehead atoms. The lowest BCUT2D eigenvalue weighted by Crippen LogP contribution is -2.44. The maximum Gasteiger partial charge on any atom is 0.341 e. The van der Waals surface area contributed by atoms with Crippen molar-refractivity contribution >= 4 is 22.6 Å². The van der Waals surface area contributed by atoms with Crippen LogP contribution in [0.1, 0.15) is 29.9 Å². The first kappa shape index (κ1) is 19.3. The van der Waals surface area contributed by atoms with Crippen LogP contribution in [0, 0.1) is 5.82 Å². The van der Waals surface area contributed by atoms with Gasteiger partial charge in [-0.3, -0.25) is 4.79 Å². The molecule has 1 aromatic heterocycles. The van der Waals surface area contributed by atoms with E-state index in [1.165, 1.54) is 13.3 Å². The zero-order chi connectivity index (χ0) is 19.7. The molecular weight excluding hydrogens is 353 g/mol. The van der Waals surface area contributed by atoms with Crippen molar-refractivity contribution in [2.24, 2.45) is 0 Å². The van der Waals surface area contributed by atoms with Gasteiger partial charge < -0.3 is 24.2 Å². The van der Waals surface area contributed by atoms with Gasteiger partial charge in [-0.2, -0.15) is 0 Å². The molecule has 1 aliphatic heterocycles. The standard InChI is InChI=1S/C19H24FN3O4/c1-4-17(27-3)23-11-13(19(25)26)18(24)12-9-14(20)16(10-15(12)23)22-7-5-21(2)6-8-22/h9-11,17H,4-8H2,1-3H3,(H,25,26)/t17-/m0/s1. The van der Waals surface area contributed by atoms with Crippen molar-refractivity contribution in [3.63, 3.8) is 0 Å². The first-order valence-electron chi connectivity index (χ1n) is 8.95. The van der Waals surface area contributed by atoms with Crippen molar-refractivity contribution in [1.29, 1.82) is 0 Å². The fourth-order valence-electron chi connectivity index (χ4n) is 3.52. The number of fused-ring (bicyclic) bond motifs is 1. The average molecular weight is 377 g/mol. The van der Waals surface area contributed by atoms with Gasteiger partial charge in [-0.15, -0.1) is 0 Å². The molecule has 1 fully saturated rings. The highest BCUT2D eigenvalue weighted by Gasteiger charge is 2.23. The number of hydrogen-bond donors (Lipinski definition) is 1. The number of halogens is 1. The van der Waals surface area contributed by atoms with Crippen LogP contribution in [0.4, 0.5) is 10.1 Å². The first-order valence-corrected chi connectivity index (χ1v) is 8.95. The summed E-state index contributed by atoms with van der Waals surface area (Å²) in [5, 5.41) is 9.41. The SMILES string of the molecule is CC[C@H](OC)n1cc(C(=O)O)c(=O)c2cc(F)c(N3CCN(C)CC3)cc21. The Kier molecular flexibility index (Phi) is 5.48. The maximum atomic E-state index is 14.8. The molecule has 2 heterocycles. The number of carboxylic acid groups (broad SMARTS) is 1. The number of hydrogen-bond acceptors (Lipinski definition) is 5. The summed E-state index contributed by atoms with van der Waals surface area (Å²) in [5.74, 6) is -1.87. The number of piperazine rings is 1. The van der Waals surface area contributed by atoms with Gasteiger partial charge >= 0.3 is 5.97 Å². The monoisotopic (exact) mass is 377 g/mol. The molecule has 8 heteroatoms. The van der Waals surface area contributed by atoms with Gasteiger partial charge in [0.15, 0.2) is 0 Å². The largest absolute Gasteiger partial charge is 0.477 e. The molecule has 1 N–H and O–H groups in total. The number of rotatable bonds is 5. The summed E-state index contributed by atoms with van der Waals surface area (Å²) in [5.41, 5.74) is -0.208. The highest BCUT2D eigenvalue weighted by atomic mass is 19.1. The molecule has 1 aromatic carbocycles. The Balaban J connectivity index is 2.24. The Hall–Kier alpha value is -2.45. The van der Waals surface area contributed by atoms with Crippen molar-refractivity contribution in [3.05, 3.63) is 39.9 Å². The molecule has 0 radical (unpaired) electrons. The summed E-state index contributed by atoms with van der Waals surface area (Å²) in [6.45, 7) is 4.88. The molecule has 0 amide bonds. The Labute approximate surface area is 156 Å². The molecule has 3 rings (SSSR count). The van der Waals surface area contributed by atoms with Crippen molar-refractivity contribution < 1.29 is 19.0 Å². The zero-order valence-corrected chi connectivity index (χ0v) is 15.7. The molecule has 27 heavy (non-hydrogen) atoms. The first-order chi connectivity index (χ1) is 12.9. The molecule has 0 spiro atoms. The van der Waals surface area contributed by atoms with Crippen LogP contribution >= 0.6 is 0 Å². The summed E-state index contributed by atoms with van der Waals surface area (Å²) in [4.78, 5) is 28.2. The Morgan fingerprint density at radius 2 is 1.96 bits per heavy atom. The van der Waals surface area contributed by atoms with Crippen molar-refractivity contribution in [1.82, 2.24) is 9.47 Å². The van der Waals surface area contributed by atoms with E-state index in [4.69, 9.17) is 4.74 Å². The predicted octanol–water partition coefficient (Wildman–Crippen LogP) is 2.15. The molecule has 0 unspecified atom stereocenters. The summed E-state index contributed by atoms with van der Waals surface area (Å²) in [6, 6.07) is 2.78. The molecule has 1 saturated heterocycles. The lowest BCUT2D eigenvalue weighted by atomic mass is 10.1. The van der Waals surface area contributed by atoms with E-state index in [2.05, 4.69) is 4.90 Å². The van der Waals surface area contributed by atoms with Gasteiger partial charge in [0, 0.05) is 44.9 Å². The minimum atomic E-state index is -1.34. The summed E-state index contributed by atoms with van der Waals surface area (Å²) < 4.78 is 21.9. The quantitative estimate of drug-likeness (QED) is 0.861. The third-order valence-electron chi connectivity index (χ3n) is 5.11. The number of benzene rings is 1. The van der Waals surface area contributed by atoms with E-state index in [1.54, 1.807) is 10.6 Å². The minimum Gasteiger partial charge on any atom is -0.477 e. The van der Waals surface area contributed by atoms with Crippen LogP contribution < -0.4 is 10.3 Å². The number of aromatic nitrogens is 1. The Morgan fingerprint density at radius 3 is 2.52 bits per heavy atom. The number of anilines is 1. The number of likely N-dealkylation sites (N-methyl/N-ethyl adjacent to an activating group) is 1. The smallest absolute Gasteiger partial charge is 0.341 e. The number of ether oxygens (including phenoxy) is 1. The number of methoxy groups -OCH3 is 1. The number of carboxylic acids is 1. The molecule has 1 atom stereocenters. The van der Waals surface area contributed by atoms with Crippen LogP contribution in [-0.2, 0) is 4.74 Å². The van der Waals surface area contributed by atoms with Gasteiger partial charge in [-0.1, -0.05) is 6.92 Å². The highest BCUT2D eigenvalue weighted by Crippen LogP contribution is 2.28. The Bertz CT molecular complexity index is 915.